The van der Waals surface area contributed by atoms with Crippen molar-refractivity contribution < 1.29 is 4.79 Å². The molecule has 3 aromatic rings. The van der Waals surface area contributed by atoms with Gasteiger partial charge in [0.25, 0.3) is 0 Å². The Morgan fingerprint density at radius 1 is 0.929 bits per heavy atom. The Labute approximate surface area is 173 Å². The first kappa shape index (κ1) is 17.7. The molecule has 28 heavy (non-hydrogen) atoms. The highest BCUT2D eigenvalue weighted by Crippen LogP contribution is 2.43. The number of amides is 1. The average molecular weight is 402 g/mol. The zero-order valence-corrected chi connectivity index (χ0v) is 16.8. The van der Waals surface area contributed by atoms with Crippen molar-refractivity contribution in [3.05, 3.63) is 91.0 Å². The van der Waals surface area contributed by atoms with E-state index in [9.17, 15) is 4.79 Å². The van der Waals surface area contributed by atoms with Crippen molar-refractivity contribution in [1.29, 1.82) is 0 Å². The fraction of sp³-hybridized carbons (Fsp3) is 0.125. The summed E-state index contributed by atoms with van der Waals surface area (Å²) < 4.78 is 0. The van der Waals surface area contributed by atoms with Crippen LogP contribution in [0.4, 0.5) is 5.69 Å². The summed E-state index contributed by atoms with van der Waals surface area (Å²) in [6.45, 7) is 0. The van der Waals surface area contributed by atoms with Gasteiger partial charge in [-0.25, -0.2) is 0 Å². The normalized spacial score (nSPS) is 20.1. The van der Waals surface area contributed by atoms with Crippen LogP contribution in [-0.2, 0) is 4.79 Å². The summed E-state index contributed by atoms with van der Waals surface area (Å²) >= 11 is 3.45. The minimum atomic E-state index is 0.0783. The van der Waals surface area contributed by atoms with Crippen LogP contribution in [0.2, 0.25) is 0 Å². The van der Waals surface area contributed by atoms with Crippen LogP contribution in [0, 0.1) is 0 Å². The van der Waals surface area contributed by atoms with Gasteiger partial charge in [-0.3, -0.25) is 4.79 Å². The summed E-state index contributed by atoms with van der Waals surface area (Å²) in [6.07, 6.45) is 8.47. The highest BCUT2D eigenvalue weighted by molar-refractivity contribution is 8.00. The van der Waals surface area contributed by atoms with E-state index in [0.29, 0.717) is 5.75 Å². The number of hydrogen-bond acceptors (Lipinski definition) is 3. The lowest BCUT2D eigenvalue weighted by Crippen LogP contribution is -2.48. The molecule has 0 fully saturated rings. The maximum absolute atomic E-state index is 13.3. The van der Waals surface area contributed by atoms with E-state index >= 15 is 0 Å². The third-order valence-electron chi connectivity index (χ3n) is 5.09. The molecule has 0 N–H and O–H groups in total. The maximum atomic E-state index is 13.3. The smallest absolute Gasteiger partial charge is 0.237 e. The molecule has 0 spiro atoms. The maximum Gasteiger partial charge on any atom is 0.237 e. The number of allylic oxidation sites excluding steroid dienone is 2. The Hall–Kier alpha value is -2.43. The zero-order chi connectivity index (χ0) is 18.9. The van der Waals surface area contributed by atoms with Crippen molar-refractivity contribution in [2.24, 2.45) is 0 Å². The molecule has 2 atom stereocenters. The summed E-state index contributed by atoms with van der Waals surface area (Å²) in [5, 5.41) is 2.71. The van der Waals surface area contributed by atoms with Crippen LogP contribution in [0.5, 0.6) is 0 Å². The molecular weight excluding hydrogens is 382 g/mol. The number of nitrogens with zero attached hydrogens (tertiary/aromatic N) is 1. The van der Waals surface area contributed by atoms with Crippen LogP contribution in [0.3, 0.4) is 0 Å². The van der Waals surface area contributed by atoms with Crippen molar-refractivity contribution in [2.45, 2.75) is 21.1 Å². The summed E-state index contributed by atoms with van der Waals surface area (Å²) in [5.41, 5.74) is 1.03. The molecule has 2 nitrogen and oxygen atoms in total. The number of thioether (sulfide) groups is 2. The molecule has 1 heterocycles. The van der Waals surface area contributed by atoms with Gasteiger partial charge in [0.05, 0.1) is 22.7 Å². The highest BCUT2D eigenvalue weighted by atomic mass is 32.2. The fourth-order valence-electron chi connectivity index (χ4n) is 3.75. The van der Waals surface area contributed by atoms with E-state index in [-0.39, 0.29) is 17.2 Å². The van der Waals surface area contributed by atoms with Gasteiger partial charge < -0.3 is 4.90 Å². The Bertz CT molecular complexity index is 1100. The molecule has 0 bridgehead atoms. The number of para-hydroxylation sites is 1. The Kier molecular flexibility index (Phi) is 4.75. The Balaban J connectivity index is 1.40. The molecule has 1 aliphatic carbocycles. The molecule has 0 saturated carbocycles. The Morgan fingerprint density at radius 2 is 1.71 bits per heavy atom. The number of anilines is 1. The summed E-state index contributed by atoms with van der Waals surface area (Å²) in [5.74, 6) is 0.582. The number of carbonyl (C=O) groups is 1. The molecule has 4 heteroatoms. The van der Waals surface area contributed by atoms with Gasteiger partial charge in [0.15, 0.2) is 0 Å². The summed E-state index contributed by atoms with van der Waals surface area (Å²) in [7, 11) is 0. The molecule has 2 aliphatic rings. The van der Waals surface area contributed by atoms with Crippen LogP contribution in [0.15, 0.2) is 101 Å². The lowest BCUT2D eigenvalue weighted by molar-refractivity contribution is -0.116. The largest absolute Gasteiger partial charge is 0.302 e. The standard InChI is InChI=1S/C24H19NOS2/c26-24(16-27-19-14-13-17-7-1-2-8-18(17)15-19)25-20-9-3-5-11-22(20)28-23-12-6-4-10-21(23)25/h1-15,20,22H,16H2. The van der Waals surface area contributed by atoms with Gasteiger partial charge in [0, 0.05) is 9.79 Å². The van der Waals surface area contributed by atoms with Crippen molar-refractivity contribution >= 4 is 45.9 Å². The van der Waals surface area contributed by atoms with Crippen LogP contribution >= 0.6 is 23.5 Å². The minimum Gasteiger partial charge on any atom is -0.302 e. The van der Waals surface area contributed by atoms with E-state index in [0.717, 1.165) is 10.6 Å². The van der Waals surface area contributed by atoms with Gasteiger partial charge >= 0.3 is 0 Å². The quantitative estimate of drug-likeness (QED) is 0.507. The second-order valence-corrected chi connectivity index (χ2v) is 9.14. The molecule has 0 radical (unpaired) electrons. The molecule has 1 amide bonds. The van der Waals surface area contributed by atoms with Gasteiger partial charge in [-0.15, -0.1) is 23.5 Å². The van der Waals surface area contributed by atoms with E-state index < -0.39 is 0 Å². The number of hydrogen-bond donors (Lipinski definition) is 0. The predicted octanol–water partition coefficient (Wildman–Crippen LogP) is 5.93. The molecule has 0 aromatic heterocycles. The zero-order valence-electron chi connectivity index (χ0n) is 15.2. The average Bonchev–Trinajstić information content (AvgIpc) is 2.75. The van der Waals surface area contributed by atoms with Crippen molar-refractivity contribution in [2.75, 3.05) is 10.7 Å². The van der Waals surface area contributed by atoms with Crippen LogP contribution < -0.4 is 4.90 Å². The molecule has 2 unspecified atom stereocenters. The molecule has 1 aliphatic heterocycles. The van der Waals surface area contributed by atoms with Crippen LogP contribution in [0.1, 0.15) is 0 Å². The SMILES string of the molecule is O=C(CSc1ccc2ccccc2c1)N1c2ccccc2SC2C=CC=CC21. The monoisotopic (exact) mass is 401 g/mol. The van der Waals surface area contributed by atoms with E-state index in [2.05, 4.69) is 60.7 Å². The highest BCUT2D eigenvalue weighted by Gasteiger charge is 2.36. The third kappa shape index (κ3) is 3.27. The van der Waals surface area contributed by atoms with Crippen LogP contribution in [0.25, 0.3) is 10.8 Å². The first-order chi connectivity index (χ1) is 13.8. The molecule has 138 valence electrons. The molecular formula is C24H19NOS2. The summed E-state index contributed by atoms with van der Waals surface area (Å²) in [6, 6.07) is 23.0. The van der Waals surface area contributed by atoms with E-state index in [4.69, 9.17) is 0 Å². The minimum absolute atomic E-state index is 0.0783. The molecule has 0 saturated heterocycles. The first-order valence-corrected chi connectivity index (χ1v) is 11.2. The molecule has 3 aromatic carbocycles. The van der Waals surface area contributed by atoms with E-state index in [1.165, 1.54) is 15.7 Å². The van der Waals surface area contributed by atoms with Gasteiger partial charge in [-0.2, -0.15) is 0 Å². The topological polar surface area (TPSA) is 20.3 Å². The van der Waals surface area contributed by atoms with Gasteiger partial charge in [0.2, 0.25) is 5.91 Å². The fourth-order valence-corrected chi connectivity index (χ4v) is 5.81. The second kappa shape index (κ2) is 7.53. The number of fused-ring (bicyclic) bond motifs is 3. The van der Waals surface area contributed by atoms with Crippen LogP contribution in [-0.4, -0.2) is 23.0 Å². The number of rotatable bonds is 3. The second-order valence-electron chi connectivity index (χ2n) is 6.87. The predicted molar refractivity (Wildman–Crippen MR) is 120 cm³/mol. The van der Waals surface area contributed by atoms with E-state index in [1.807, 2.05) is 47.0 Å². The van der Waals surface area contributed by atoms with Gasteiger partial charge in [-0.1, -0.05) is 66.8 Å². The Morgan fingerprint density at radius 3 is 2.64 bits per heavy atom. The molecule has 5 rings (SSSR count). The van der Waals surface area contributed by atoms with Gasteiger partial charge in [-0.05, 0) is 35.0 Å². The van der Waals surface area contributed by atoms with Crippen molar-refractivity contribution in [1.82, 2.24) is 0 Å². The number of benzene rings is 3. The van der Waals surface area contributed by atoms with Gasteiger partial charge in [0.1, 0.15) is 0 Å². The lowest BCUT2D eigenvalue weighted by atomic mass is 10.0. The van der Waals surface area contributed by atoms with Crippen molar-refractivity contribution in [3.63, 3.8) is 0 Å². The number of carbonyl (C=O) groups excluding carboxylic acids is 1. The van der Waals surface area contributed by atoms with Crippen molar-refractivity contribution in [3.8, 4) is 0 Å². The third-order valence-corrected chi connectivity index (χ3v) is 7.38. The first-order valence-electron chi connectivity index (χ1n) is 9.34. The lowest BCUT2D eigenvalue weighted by Gasteiger charge is -2.40. The summed E-state index contributed by atoms with van der Waals surface area (Å²) in [4.78, 5) is 17.6. The van der Waals surface area contributed by atoms with E-state index in [1.54, 1.807) is 11.8 Å².